The zero-order valence-electron chi connectivity index (χ0n) is 14.1. The average molecular weight is 327 g/mol. The molecule has 1 amide bonds. The maximum Gasteiger partial charge on any atom is 0.220 e. The quantitative estimate of drug-likeness (QED) is 0.787. The third kappa shape index (κ3) is 5.30. The number of benzene rings is 2. The third-order valence-corrected chi connectivity index (χ3v) is 3.90. The van der Waals surface area contributed by atoms with Crippen LogP contribution < -0.4 is 5.32 Å². The molecule has 0 radical (unpaired) electrons. The molecule has 2 aromatic rings. The molecule has 0 saturated heterocycles. The summed E-state index contributed by atoms with van der Waals surface area (Å²) < 4.78 is 13.1. The lowest BCUT2D eigenvalue weighted by atomic mass is 9.99. The number of ketones is 1. The van der Waals surface area contributed by atoms with Gasteiger partial charge in [0.2, 0.25) is 5.91 Å². The molecule has 4 heteroatoms. The van der Waals surface area contributed by atoms with Crippen molar-refractivity contribution in [1.29, 1.82) is 0 Å². The second-order valence-electron chi connectivity index (χ2n) is 5.97. The molecule has 0 aromatic heterocycles. The molecule has 0 fully saturated rings. The normalized spacial score (nSPS) is 10.5. The van der Waals surface area contributed by atoms with Gasteiger partial charge in [-0.1, -0.05) is 29.8 Å². The monoisotopic (exact) mass is 327 g/mol. The minimum Gasteiger partial charge on any atom is -0.356 e. The molecule has 2 aromatic carbocycles. The van der Waals surface area contributed by atoms with Gasteiger partial charge in [0.25, 0.3) is 0 Å². The molecule has 0 aliphatic rings. The van der Waals surface area contributed by atoms with Crippen molar-refractivity contribution < 1.29 is 14.0 Å². The molecule has 0 atom stereocenters. The molecule has 0 unspecified atom stereocenters. The largest absolute Gasteiger partial charge is 0.356 e. The zero-order valence-corrected chi connectivity index (χ0v) is 14.1. The molecule has 0 heterocycles. The van der Waals surface area contributed by atoms with Gasteiger partial charge >= 0.3 is 0 Å². The van der Waals surface area contributed by atoms with Gasteiger partial charge in [-0.2, -0.15) is 0 Å². The molecule has 0 bridgehead atoms. The fourth-order valence-corrected chi connectivity index (χ4v) is 2.53. The van der Waals surface area contributed by atoms with E-state index in [4.69, 9.17) is 0 Å². The highest BCUT2D eigenvalue weighted by Crippen LogP contribution is 2.13. The summed E-state index contributed by atoms with van der Waals surface area (Å²) in [6, 6.07) is 12.1. The van der Waals surface area contributed by atoms with Gasteiger partial charge in [0.1, 0.15) is 5.82 Å². The fraction of sp³-hybridized carbons (Fsp3) is 0.300. The Hall–Kier alpha value is -2.49. The van der Waals surface area contributed by atoms with Crippen LogP contribution in [0.5, 0.6) is 0 Å². The third-order valence-electron chi connectivity index (χ3n) is 3.90. The Balaban J connectivity index is 1.76. The lowest BCUT2D eigenvalue weighted by molar-refractivity contribution is -0.121. The fourth-order valence-electron chi connectivity index (χ4n) is 2.53. The summed E-state index contributed by atoms with van der Waals surface area (Å²) in [5.41, 5.74) is 3.48. The van der Waals surface area contributed by atoms with Gasteiger partial charge in [-0.3, -0.25) is 9.59 Å². The van der Waals surface area contributed by atoms with E-state index in [0.29, 0.717) is 18.5 Å². The Morgan fingerprint density at radius 1 is 1.04 bits per heavy atom. The molecular weight excluding hydrogens is 305 g/mol. The Morgan fingerprint density at radius 3 is 2.58 bits per heavy atom. The van der Waals surface area contributed by atoms with Crippen LogP contribution in [0.1, 0.15) is 39.9 Å². The number of Topliss-reactive ketones (excluding diaryl/α,β-unsaturated/α-hetero) is 1. The summed E-state index contributed by atoms with van der Waals surface area (Å²) in [6.45, 7) is 4.26. The summed E-state index contributed by atoms with van der Waals surface area (Å²) in [5, 5.41) is 2.77. The van der Waals surface area contributed by atoms with Crippen molar-refractivity contribution in [2.75, 3.05) is 6.54 Å². The predicted octanol–water partition coefficient (Wildman–Crippen LogP) is 3.76. The minimum absolute atomic E-state index is 0.0171. The van der Waals surface area contributed by atoms with E-state index in [0.717, 1.165) is 16.7 Å². The van der Waals surface area contributed by atoms with Crippen molar-refractivity contribution in [1.82, 2.24) is 5.32 Å². The number of hydrogen-bond acceptors (Lipinski definition) is 2. The topological polar surface area (TPSA) is 46.2 Å². The van der Waals surface area contributed by atoms with E-state index in [2.05, 4.69) is 5.32 Å². The Labute approximate surface area is 141 Å². The first-order valence-electron chi connectivity index (χ1n) is 8.07. The lowest BCUT2D eigenvalue weighted by Crippen LogP contribution is -2.26. The number of nitrogens with one attached hydrogen (secondary N) is 1. The van der Waals surface area contributed by atoms with Crippen molar-refractivity contribution in [3.8, 4) is 0 Å². The van der Waals surface area contributed by atoms with E-state index in [1.807, 2.05) is 38.1 Å². The standard InChI is InChI=1S/C20H22FNO2/c1-14-6-7-15(2)18(12-14)19(23)8-9-20(24)22-11-10-16-4-3-5-17(21)13-16/h3-7,12-13H,8-11H2,1-2H3,(H,22,24). The van der Waals surface area contributed by atoms with Crippen LogP contribution in [0.3, 0.4) is 0 Å². The highest BCUT2D eigenvalue weighted by Gasteiger charge is 2.11. The van der Waals surface area contributed by atoms with Crippen LogP contribution in [0.4, 0.5) is 4.39 Å². The molecule has 2 rings (SSSR count). The molecule has 0 aliphatic heterocycles. The van der Waals surface area contributed by atoms with Crippen LogP contribution in [0.2, 0.25) is 0 Å². The van der Waals surface area contributed by atoms with E-state index in [-0.39, 0.29) is 30.3 Å². The molecule has 0 spiro atoms. The Bertz CT molecular complexity index is 740. The summed E-state index contributed by atoms with van der Waals surface area (Å²) >= 11 is 0. The number of aryl methyl sites for hydroxylation is 2. The SMILES string of the molecule is Cc1ccc(C)c(C(=O)CCC(=O)NCCc2cccc(F)c2)c1. The summed E-state index contributed by atoms with van der Waals surface area (Å²) in [7, 11) is 0. The molecule has 0 saturated carbocycles. The van der Waals surface area contributed by atoms with Crippen LogP contribution in [-0.4, -0.2) is 18.2 Å². The summed E-state index contributed by atoms with van der Waals surface area (Å²) in [5.74, 6) is -0.459. The van der Waals surface area contributed by atoms with Gasteiger partial charge in [0.15, 0.2) is 5.78 Å². The second-order valence-corrected chi connectivity index (χ2v) is 5.97. The van der Waals surface area contributed by atoms with Crippen molar-refractivity contribution in [2.45, 2.75) is 33.1 Å². The van der Waals surface area contributed by atoms with Gasteiger partial charge in [-0.15, -0.1) is 0 Å². The number of carbonyl (C=O) groups is 2. The predicted molar refractivity (Wildman–Crippen MR) is 92.6 cm³/mol. The smallest absolute Gasteiger partial charge is 0.220 e. The van der Waals surface area contributed by atoms with Crippen LogP contribution in [0.15, 0.2) is 42.5 Å². The number of halogens is 1. The number of rotatable bonds is 7. The maximum atomic E-state index is 13.1. The first-order valence-corrected chi connectivity index (χ1v) is 8.07. The number of carbonyl (C=O) groups excluding carboxylic acids is 2. The van der Waals surface area contributed by atoms with Gasteiger partial charge in [-0.05, 0) is 49.6 Å². The number of amides is 1. The van der Waals surface area contributed by atoms with Crippen LogP contribution in [0.25, 0.3) is 0 Å². The molecule has 3 nitrogen and oxygen atoms in total. The van der Waals surface area contributed by atoms with Crippen molar-refractivity contribution in [3.63, 3.8) is 0 Å². The van der Waals surface area contributed by atoms with Gasteiger partial charge in [0.05, 0.1) is 0 Å². The first-order chi connectivity index (χ1) is 11.5. The van der Waals surface area contributed by atoms with E-state index in [1.165, 1.54) is 12.1 Å². The highest BCUT2D eigenvalue weighted by atomic mass is 19.1. The van der Waals surface area contributed by atoms with Crippen molar-refractivity contribution >= 4 is 11.7 Å². The molecule has 0 aliphatic carbocycles. The molecule has 1 N–H and O–H groups in total. The lowest BCUT2D eigenvalue weighted by Gasteiger charge is -2.07. The maximum absolute atomic E-state index is 13.1. The zero-order chi connectivity index (χ0) is 17.5. The van der Waals surface area contributed by atoms with E-state index < -0.39 is 0 Å². The molecule has 126 valence electrons. The minimum atomic E-state index is -0.280. The second kappa shape index (κ2) is 8.39. The molecule has 24 heavy (non-hydrogen) atoms. The summed E-state index contributed by atoms with van der Waals surface area (Å²) in [4.78, 5) is 24.1. The van der Waals surface area contributed by atoms with Gasteiger partial charge in [0, 0.05) is 24.9 Å². The van der Waals surface area contributed by atoms with E-state index in [9.17, 15) is 14.0 Å². The van der Waals surface area contributed by atoms with Gasteiger partial charge in [-0.25, -0.2) is 4.39 Å². The van der Waals surface area contributed by atoms with Crippen molar-refractivity contribution in [2.24, 2.45) is 0 Å². The van der Waals surface area contributed by atoms with Crippen molar-refractivity contribution in [3.05, 3.63) is 70.5 Å². The summed E-state index contributed by atoms with van der Waals surface area (Å²) in [6.07, 6.45) is 0.917. The van der Waals surface area contributed by atoms with Crippen LogP contribution in [-0.2, 0) is 11.2 Å². The number of hydrogen-bond donors (Lipinski definition) is 1. The van der Waals surface area contributed by atoms with Crippen LogP contribution in [0, 0.1) is 19.7 Å². The van der Waals surface area contributed by atoms with E-state index in [1.54, 1.807) is 6.07 Å². The first kappa shape index (κ1) is 17.9. The highest BCUT2D eigenvalue weighted by molar-refractivity contribution is 5.99. The Kier molecular flexibility index (Phi) is 6.24. The van der Waals surface area contributed by atoms with Gasteiger partial charge < -0.3 is 5.32 Å². The Morgan fingerprint density at radius 2 is 1.83 bits per heavy atom. The van der Waals surface area contributed by atoms with E-state index >= 15 is 0 Å². The molecular formula is C20H22FNO2. The van der Waals surface area contributed by atoms with Crippen LogP contribution >= 0.6 is 0 Å². The average Bonchev–Trinajstić information content (AvgIpc) is 2.55.